The third-order valence-electron chi connectivity index (χ3n) is 16.4. The van der Waals surface area contributed by atoms with Crippen LogP contribution in [0.5, 0.6) is 5.75 Å². The smallest absolute Gasteiger partial charge is 0.242 e. The average molecular weight is 1530 g/mol. The fourth-order valence-electron chi connectivity index (χ4n) is 11.3. The van der Waals surface area contributed by atoms with Gasteiger partial charge in [-0.05, 0) is 138 Å². The van der Waals surface area contributed by atoms with Crippen molar-refractivity contribution < 1.29 is 35.5 Å². The highest BCUT2D eigenvalue weighted by atomic mass is 35.5. The van der Waals surface area contributed by atoms with Crippen molar-refractivity contribution in [3.8, 4) is 29.5 Å². The Kier molecular flexibility index (Phi) is 20.2. The number of nitrogens with two attached hydrogens (primary N) is 4. The van der Waals surface area contributed by atoms with Gasteiger partial charge in [0.05, 0.1) is 51.2 Å². The molecule has 110 heavy (non-hydrogen) atoms. The van der Waals surface area contributed by atoms with Crippen molar-refractivity contribution in [2.45, 2.75) is 46.5 Å². The average Bonchev–Trinajstić information content (AvgIpc) is 1.52. The minimum absolute atomic E-state index is 0.0153. The number of benzene rings is 8. The molecular weight excluding hydrogens is 1480 g/mol. The molecule has 1 aliphatic rings. The van der Waals surface area contributed by atoms with Gasteiger partial charge in [0.2, 0.25) is 71.4 Å². The number of fused-ring (bicyclic) bond motifs is 4. The number of hydrogen-bond acceptors (Lipinski definition) is 25. The lowest BCUT2D eigenvalue weighted by Crippen LogP contribution is -2.11. The molecule has 0 bridgehead atoms. The lowest BCUT2D eigenvalue weighted by molar-refractivity contribution is 0.415. The van der Waals surface area contributed by atoms with Gasteiger partial charge in [0.25, 0.3) is 0 Å². The van der Waals surface area contributed by atoms with E-state index in [2.05, 4.69) is 101 Å². The van der Waals surface area contributed by atoms with Crippen LogP contribution in [0.2, 0.25) is 10.0 Å². The number of nitrogens with zero attached hydrogens (tertiary/aromatic N) is 20. The van der Waals surface area contributed by atoms with Crippen LogP contribution in [-0.4, -0.2) is 105 Å². The van der Waals surface area contributed by atoms with Crippen LogP contribution in [0.3, 0.4) is 0 Å². The summed E-state index contributed by atoms with van der Waals surface area (Å²) in [5.41, 5.74) is 30.5. The Morgan fingerprint density at radius 1 is 0.345 bits per heavy atom. The maximum Gasteiger partial charge on any atom is 0.242 e. The molecule has 0 saturated heterocycles. The number of rotatable bonds is 14. The van der Waals surface area contributed by atoms with Crippen molar-refractivity contribution in [2.24, 2.45) is 0 Å². The number of nitrogen functional groups attached to an aromatic ring is 4. The summed E-state index contributed by atoms with van der Waals surface area (Å²) in [7, 11) is 1.58. The summed E-state index contributed by atoms with van der Waals surface area (Å²) in [6, 6.07) is 39.5. The van der Waals surface area contributed by atoms with Crippen LogP contribution in [-0.2, 0) is 0 Å². The summed E-state index contributed by atoms with van der Waals surface area (Å²) < 4.78 is 107. The Morgan fingerprint density at radius 3 is 0.991 bits per heavy atom. The predicted octanol–water partition coefficient (Wildman–Crippen LogP) is 14.5. The molecular formula is C72H57Cl2F7N28O. The van der Waals surface area contributed by atoms with Gasteiger partial charge >= 0.3 is 0 Å². The molecule has 554 valence electrons. The van der Waals surface area contributed by atoms with Gasteiger partial charge in [0.15, 0.2) is 34.9 Å². The first-order chi connectivity index (χ1) is 52.8. The standard InChI is InChI=1S/C19H15ClFN7.C18H15F2N7O.C18H15F2N7.C17H12ClF2N7/c20-11-3-6-13(7-4-11)23-18-25-17(22)26-19(27-18)28-15-8-5-12(21)9-14(15)24-16(28)10-1-2-10;1-9-22-14-7-12(19)13(20)8-15(14)27(9)18-25-16(21)24-17(26-18)23-10-3-5-11(28-2)6-4-10;1-9-3-5-11(6-4-9)23-17-24-16(21)25-18(26-17)27-10(2)22-14-7-12(19)13(20)8-15(14)27;1-8-22-13-6-11(19)12(20)7-14(13)27(8)17-25-15(21)24-16(26-17)23-10-4-2-9(18)3-5-10/h3-10H,1-2H2,(H3,22,23,25,26,27);3-8H,1-2H3,(H3,21,23,24,25,26);3-8H,1-2H3,(H3,21,23,24,25,26);2-7H,1H3,(H3,21,23,24,25,26). The van der Waals surface area contributed by atoms with Crippen LogP contribution < -0.4 is 48.9 Å². The molecule has 0 unspecified atom stereocenters. The first-order valence-electron chi connectivity index (χ1n) is 32.9. The summed E-state index contributed by atoms with van der Waals surface area (Å²) in [6.07, 6.45) is 2.06. The molecule has 16 aromatic rings. The van der Waals surface area contributed by atoms with Crippen LogP contribution in [0, 0.1) is 68.4 Å². The van der Waals surface area contributed by atoms with Gasteiger partial charge in [-0.2, -0.15) is 59.8 Å². The van der Waals surface area contributed by atoms with E-state index in [4.69, 9.17) is 50.9 Å². The molecule has 38 heteroatoms. The third kappa shape index (κ3) is 16.2. The van der Waals surface area contributed by atoms with Crippen molar-refractivity contribution in [3.63, 3.8) is 0 Å². The fraction of sp³-hybridized carbons (Fsp3) is 0.111. The Labute approximate surface area is 626 Å². The number of halogens is 9. The molecule has 1 fully saturated rings. The Bertz CT molecular complexity index is 5980. The second kappa shape index (κ2) is 30.4. The first-order valence-corrected chi connectivity index (χ1v) is 33.7. The van der Waals surface area contributed by atoms with E-state index in [0.717, 1.165) is 77.5 Å². The van der Waals surface area contributed by atoms with Crippen molar-refractivity contribution in [2.75, 3.05) is 51.3 Å². The number of ether oxygens (including phenoxy) is 1. The van der Waals surface area contributed by atoms with Crippen molar-refractivity contribution in [3.05, 3.63) is 231 Å². The number of anilines is 12. The molecule has 29 nitrogen and oxygen atoms in total. The van der Waals surface area contributed by atoms with Crippen molar-refractivity contribution in [1.82, 2.24) is 98.0 Å². The predicted molar refractivity (Wildman–Crippen MR) is 402 cm³/mol. The Balaban J connectivity index is 0.000000122. The highest BCUT2D eigenvalue weighted by Crippen LogP contribution is 2.42. The van der Waals surface area contributed by atoms with Crippen molar-refractivity contribution in [1.29, 1.82) is 0 Å². The van der Waals surface area contributed by atoms with E-state index < -0.39 is 34.9 Å². The largest absolute Gasteiger partial charge is 0.497 e. The van der Waals surface area contributed by atoms with E-state index in [1.54, 1.807) is 94.6 Å². The zero-order valence-corrected chi connectivity index (χ0v) is 59.5. The fourth-order valence-corrected chi connectivity index (χ4v) is 11.5. The van der Waals surface area contributed by atoms with Gasteiger partial charge in [-0.3, -0.25) is 18.3 Å². The van der Waals surface area contributed by atoms with Crippen LogP contribution in [0.25, 0.3) is 67.9 Å². The quantitative estimate of drug-likeness (QED) is 0.0469. The lowest BCUT2D eigenvalue weighted by atomic mass is 10.2. The second-order valence-corrected chi connectivity index (χ2v) is 25.2. The summed E-state index contributed by atoms with van der Waals surface area (Å²) in [4.78, 5) is 67.8. The van der Waals surface area contributed by atoms with Crippen LogP contribution >= 0.6 is 23.2 Å². The van der Waals surface area contributed by atoms with Crippen LogP contribution in [0.4, 0.5) is 101 Å². The number of hydrogen-bond donors (Lipinski definition) is 8. The maximum absolute atomic E-state index is 13.7. The van der Waals surface area contributed by atoms with E-state index >= 15 is 0 Å². The third-order valence-corrected chi connectivity index (χ3v) is 16.9. The topological polar surface area (TPSA) is 387 Å². The molecule has 17 rings (SSSR count). The van der Waals surface area contributed by atoms with Gasteiger partial charge in [0, 0.05) is 81.2 Å². The molecule has 0 amide bonds. The molecule has 1 aliphatic carbocycles. The molecule has 1 saturated carbocycles. The second-order valence-electron chi connectivity index (χ2n) is 24.3. The van der Waals surface area contributed by atoms with Crippen molar-refractivity contribution >= 4 is 138 Å². The molecule has 8 heterocycles. The highest BCUT2D eigenvalue weighted by Gasteiger charge is 2.32. The van der Waals surface area contributed by atoms with E-state index in [1.165, 1.54) is 25.8 Å². The van der Waals surface area contributed by atoms with E-state index in [-0.39, 0.29) is 76.3 Å². The number of imidazole rings is 4. The van der Waals surface area contributed by atoms with Crippen LogP contribution in [0.1, 0.15) is 47.6 Å². The summed E-state index contributed by atoms with van der Waals surface area (Å²) in [6.45, 7) is 7.01. The summed E-state index contributed by atoms with van der Waals surface area (Å²) in [5, 5.41) is 13.4. The SMILES string of the molecule is COc1ccc(Nc2nc(N)nc(-n3c(C)nc4cc(F)c(F)cc43)n2)cc1.Cc1ccc(Nc2nc(N)nc(-n3c(C)nc4cc(F)c(F)cc43)n2)cc1.Cc1nc2cc(F)c(F)cc2n1-c1nc(N)nc(Nc2ccc(Cl)cc2)n1.Nc1nc(Nc2ccc(Cl)cc2)nc(-n2c(C3CC3)nc3cc(F)ccc32)n1. The number of aromatic nitrogens is 20. The van der Waals surface area contributed by atoms with Crippen LogP contribution in [0.15, 0.2) is 152 Å². The molecule has 8 aromatic heterocycles. The molecule has 0 radical (unpaired) electrons. The monoisotopic (exact) mass is 1530 g/mol. The zero-order chi connectivity index (χ0) is 77.3. The molecule has 0 aliphatic heterocycles. The number of methoxy groups -OCH3 is 1. The first kappa shape index (κ1) is 72.9. The Morgan fingerprint density at radius 2 is 0.655 bits per heavy atom. The van der Waals surface area contributed by atoms with E-state index in [9.17, 15) is 30.7 Å². The number of aryl methyl sites for hydroxylation is 4. The van der Waals surface area contributed by atoms with E-state index in [0.29, 0.717) is 90.0 Å². The molecule has 12 N–H and O–H groups in total. The maximum atomic E-state index is 13.7. The van der Waals surface area contributed by atoms with Gasteiger partial charge in [0.1, 0.15) is 34.9 Å². The van der Waals surface area contributed by atoms with E-state index in [1.807, 2.05) is 47.9 Å². The highest BCUT2D eigenvalue weighted by molar-refractivity contribution is 6.31. The van der Waals surface area contributed by atoms with Gasteiger partial charge in [-0.1, -0.05) is 40.9 Å². The normalized spacial score (nSPS) is 11.8. The summed E-state index contributed by atoms with van der Waals surface area (Å²) in [5.74, 6) is -1.41. The minimum Gasteiger partial charge on any atom is -0.497 e. The zero-order valence-electron chi connectivity index (χ0n) is 58.0. The lowest BCUT2D eigenvalue weighted by Gasteiger charge is -2.10. The molecule has 0 atom stereocenters. The number of nitrogens with one attached hydrogen (secondary N) is 4. The molecule has 8 aromatic carbocycles. The Hall–Kier alpha value is -14.0. The summed E-state index contributed by atoms with van der Waals surface area (Å²) >= 11 is 11.8. The van der Waals surface area contributed by atoms with Gasteiger partial charge < -0.3 is 48.9 Å². The van der Waals surface area contributed by atoms with Gasteiger partial charge in [-0.15, -0.1) is 0 Å². The minimum atomic E-state index is -0.995. The molecule has 0 spiro atoms. The van der Waals surface area contributed by atoms with Gasteiger partial charge in [-0.25, -0.2) is 50.7 Å².